The van der Waals surface area contributed by atoms with Gasteiger partial charge in [-0.25, -0.2) is 0 Å². The zero-order valence-corrected chi connectivity index (χ0v) is 6.97. The van der Waals surface area contributed by atoms with E-state index in [2.05, 4.69) is 18.2 Å². The first-order chi connectivity index (χ1) is 4.93. The van der Waals surface area contributed by atoms with E-state index in [4.69, 9.17) is 0 Å². The third-order valence-corrected chi connectivity index (χ3v) is 2.07. The van der Waals surface area contributed by atoms with E-state index >= 15 is 0 Å². The lowest BCUT2D eigenvalue weighted by Gasteiger charge is -2.17. The zero-order chi connectivity index (χ0) is 7.23. The molecule has 10 heavy (non-hydrogen) atoms. The Hall–Kier alpha value is -0.0400. The van der Waals surface area contributed by atoms with Crippen molar-refractivity contribution in [1.82, 2.24) is 4.90 Å². The molecule has 1 heteroatoms. The van der Waals surface area contributed by atoms with Crippen LogP contribution in [0.2, 0.25) is 0 Å². The van der Waals surface area contributed by atoms with E-state index in [0.717, 1.165) is 0 Å². The van der Waals surface area contributed by atoms with Crippen molar-refractivity contribution in [3.05, 3.63) is 6.42 Å². The summed E-state index contributed by atoms with van der Waals surface area (Å²) in [5.74, 6) is 0. The van der Waals surface area contributed by atoms with E-state index in [-0.39, 0.29) is 0 Å². The molecule has 1 radical (unpaired) electrons. The third-order valence-electron chi connectivity index (χ3n) is 2.07. The standard InChI is InChI=1S/C9H18N/c1-2-7-10-8-5-3-4-6-9-10/h3H,2,4-9H2,1H3. The van der Waals surface area contributed by atoms with Crippen LogP contribution in [0.1, 0.15) is 32.6 Å². The number of nitrogens with zero attached hydrogens (tertiary/aromatic N) is 1. The molecule has 0 aliphatic carbocycles. The smallest absolute Gasteiger partial charge is 0.00160 e. The minimum absolute atomic E-state index is 1.30. The second kappa shape index (κ2) is 4.73. The average molecular weight is 140 g/mol. The fraction of sp³-hybridized carbons (Fsp3) is 0.889. The summed E-state index contributed by atoms with van der Waals surface area (Å²) in [6, 6.07) is 0. The van der Waals surface area contributed by atoms with Crippen LogP contribution in [0.4, 0.5) is 0 Å². The van der Waals surface area contributed by atoms with Crippen LogP contribution in [0.15, 0.2) is 0 Å². The van der Waals surface area contributed by atoms with Crippen LogP contribution in [0.25, 0.3) is 0 Å². The fourth-order valence-electron chi connectivity index (χ4n) is 1.53. The van der Waals surface area contributed by atoms with Crippen LogP contribution in [-0.2, 0) is 0 Å². The van der Waals surface area contributed by atoms with Gasteiger partial charge in [0.15, 0.2) is 0 Å². The van der Waals surface area contributed by atoms with Gasteiger partial charge in [-0.15, -0.1) is 0 Å². The SMILES string of the molecule is CCCN1CC[CH]CCC1. The van der Waals surface area contributed by atoms with E-state index in [0.29, 0.717) is 0 Å². The average Bonchev–Trinajstić information content (AvgIpc) is 2.17. The lowest BCUT2D eigenvalue weighted by atomic mass is 10.2. The van der Waals surface area contributed by atoms with E-state index in [1.165, 1.54) is 45.3 Å². The molecule has 1 saturated heterocycles. The summed E-state index contributed by atoms with van der Waals surface area (Å²) in [5.41, 5.74) is 0. The van der Waals surface area contributed by atoms with Gasteiger partial charge in [0.25, 0.3) is 0 Å². The van der Waals surface area contributed by atoms with Gasteiger partial charge < -0.3 is 4.90 Å². The normalized spacial score (nSPS) is 22.5. The summed E-state index contributed by atoms with van der Waals surface area (Å²) in [6.07, 6.45) is 7.75. The Bertz CT molecular complexity index is 72.8. The van der Waals surface area contributed by atoms with Crippen LogP contribution in [0, 0.1) is 6.42 Å². The molecular weight excluding hydrogens is 122 g/mol. The summed E-state index contributed by atoms with van der Waals surface area (Å²) in [7, 11) is 0. The minimum Gasteiger partial charge on any atom is -0.303 e. The Morgan fingerprint density at radius 3 is 3.00 bits per heavy atom. The summed E-state index contributed by atoms with van der Waals surface area (Å²) in [5, 5.41) is 0. The number of rotatable bonds is 2. The van der Waals surface area contributed by atoms with Gasteiger partial charge in [0, 0.05) is 0 Å². The topological polar surface area (TPSA) is 3.24 Å². The maximum Gasteiger partial charge on any atom is -0.00160 e. The number of hydrogen-bond acceptors (Lipinski definition) is 1. The van der Waals surface area contributed by atoms with E-state index < -0.39 is 0 Å². The van der Waals surface area contributed by atoms with Gasteiger partial charge in [0.1, 0.15) is 0 Å². The van der Waals surface area contributed by atoms with E-state index in [9.17, 15) is 0 Å². The second-order valence-electron chi connectivity index (χ2n) is 3.06. The van der Waals surface area contributed by atoms with E-state index in [1.54, 1.807) is 0 Å². The molecule has 1 aliphatic heterocycles. The number of likely N-dealkylation sites (tertiary alicyclic amines) is 1. The first-order valence-electron chi connectivity index (χ1n) is 4.47. The molecule has 0 N–H and O–H groups in total. The van der Waals surface area contributed by atoms with Gasteiger partial charge in [0.2, 0.25) is 0 Å². The van der Waals surface area contributed by atoms with Crippen molar-refractivity contribution in [3.63, 3.8) is 0 Å². The fourth-order valence-corrected chi connectivity index (χ4v) is 1.53. The van der Waals surface area contributed by atoms with Crippen molar-refractivity contribution in [2.45, 2.75) is 32.6 Å². The molecule has 1 heterocycles. The largest absolute Gasteiger partial charge is 0.303 e. The van der Waals surface area contributed by atoms with Crippen molar-refractivity contribution in [1.29, 1.82) is 0 Å². The predicted octanol–water partition coefficient (Wildman–Crippen LogP) is 2.09. The van der Waals surface area contributed by atoms with Crippen molar-refractivity contribution >= 4 is 0 Å². The van der Waals surface area contributed by atoms with Gasteiger partial charge >= 0.3 is 0 Å². The highest BCUT2D eigenvalue weighted by atomic mass is 15.1. The Morgan fingerprint density at radius 2 is 2.20 bits per heavy atom. The van der Waals surface area contributed by atoms with Gasteiger partial charge in [-0.1, -0.05) is 6.92 Å². The molecule has 0 aromatic rings. The molecule has 0 spiro atoms. The van der Waals surface area contributed by atoms with Crippen LogP contribution >= 0.6 is 0 Å². The maximum absolute atomic E-state index is 2.57. The molecular formula is C9H18N. The summed E-state index contributed by atoms with van der Waals surface area (Å²) >= 11 is 0. The summed E-state index contributed by atoms with van der Waals surface area (Å²) in [6.45, 7) is 6.18. The Morgan fingerprint density at radius 1 is 1.30 bits per heavy atom. The van der Waals surface area contributed by atoms with Crippen LogP contribution in [0.3, 0.4) is 0 Å². The molecule has 0 saturated carbocycles. The molecule has 0 aromatic carbocycles. The Labute approximate surface area is 64.4 Å². The molecule has 59 valence electrons. The number of hydrogen-bond donors (Lipinski definition) is 0. The van der Waals surface area contributed by atoms with Gasteiger partial charge in [0.05, 0.1) is 0 Å². The van der Waals surface area contributed by atoms with Crippen molar-refractivity contribution in [2.24, 2.45) is 0 Å². The van der Waals surface area contributed by atoms with Crippen LogP contribution < -0.4 is 0 Å². The zero-order valence-electron chi connectivity index (χ0n) is 6.97. The first kappa shape index (κ1) is 8.06. The van der Waals surface area contributed by atoms with Gasteiger partial charge in [-0.05, 0) is 51.7 Å². The second-order valence-corrected chi connectivity index (χ2v) is 3.06. The molecule has 1 rings (SSSR count). The molecule has 0 amide bonds. The highest BCUT2D eigenvalue weighted by Gasteiger charge is 2.06. The lowest BCUT2D eigenvalue weighted by Crippen LogP contribution is -2.25. The molecule has 1 aliphatic rings. The van der Waals surface area contributed by atoms with Crippen LogP contribution in [-0.4, -0.2) is 24.5 Å². The molecule has 0 aromatic heterocycles. The lowest BCUT2D eigenvalue weighted by molar-refractivity contribution is 0.287. The summed E-state index contributed by atoms with van der Waals surface area (Å²) in [4.78, 5) is 2.57. The van der Waals surface area contributed by atoms with Gasteiger partial charge in [-0.3, -0.25) is 0 Å². The minimum atomic E-state index is 1.30. The maximum atomic E-state index is 2.57. The Kier molecular flexibility index (Phi) is 3.81. The highest BCUT2D eigenvalue weighted by Crippen LogP contribution is 2.08. The monoisotopic (exact) mass is 140 g/mol. The molecule has 0 unspecified atom stereocenters. The van der Waals surface area contributed by atoms with Crippen molar-refractivity contribution in [3.8, 4) is 0 Å². The third kappa shape index (κ3) is 2.70. The van der Waals surface area contributed by atoms with Crippen molar-refractivity contribution in [2.75, 3.05) is 19.6 Å². The molecule has 1 nitrogen and oxygen atoms in total. The molecule has 0 atom stereocenters. The Balaban J connectivity index is 2.15. The predicted molar refractivity (Wildman–Crippen MR) is 44.9 cm³/mol. The first-order valence-corrected chi connectivity index (χ1v) is 4.47. The quantitative estimate of drug-likeness (QED) is 0.567. The van der Waals surface area contributed by atoms with Crippen molar-refractivity contribution < 1.29 is 0 Å². The van der Waals surface area contributed by atoms with Gasteiger partial charge in [-0.2, -0.15) is 0 Å². The van der Waals surface area contributed by atoms with Crippen LogP contribution in [0.5, 0.6) is 0 Å². The molecule has 0 bridgehead atoms. The highest BCUT2D eigenvalue weighted by molar-refractivity contribution is 4.73. The van der Waals surface area contributed by atoms with E-state index in [1.807, 2.05) is 0 Å². The summed E-state index contributed by atoms with van der Waals surface area (Å²) < 4.78 is 0. The molecule has 1 fully saturated rings.